The minimum absolute atomic E-state index is 0.144. The second-order valence-electron chi connectivity index (χ2n) is 5.99. The number of para-hydroxylation sites is 1. The molecule has 2 aromatic rings. The van der Waals surface area contributed by atoms with Crippen molar-refractivity contribution in [3.05, 3.63) is 59.7 Å². The molecule has 1 aliphatic rings. The summed E-state index contributed by atoms with van der Waals surface area (Å²) in [6.45, 7) is 4.43. The van der Waals surface area contributed by atoms with E-state index in [1.807, 2.05) is 0 Å². The lowest BCUT2D eigenvalue weighted by molar-refractivity contribution is 0.618. The highest BCUT2D eigenvalue weighted by Crippen LogP contribution is 2.36. The van der Waals surface area contributed by atoms with Crippen LogP contribution in [0.1, 0.15) is 43.9 Å². The van der Waals surface area contributed by atoms with Crippen molar-refractivity contribution in [2.24, 2.45) is 5.73 Å². The highest BCUT2D eigenvalue weighted by atomic mass is 15.2. The Kier molecular flexibility index (Phi) is 3.98. The number of benzene rings is 2. The number of nitrogens with two attached hydrogens (primary N) is 1. The van der Waals surface area contributed by atoms with Crippen LogP contribution in [0.5, 0.6) is 0 Å². The Labute approximate surface area is 127 Å². The first kappa shape index (κ1) is 14.2. The second-order valence-corrected chi connectivity index (χ2v) is 5.99. The fourth-order valence-electron chi connectivity index (χ4n) is 3.20. The zero-order valence-corrected chi connectivity index (χ0v) is 12.9. The highest BCUT2D eigenvalue weighted by molar-refractivity contribution is 5.68. The first-order valence-corrected chi connectivity index (χ1v) is 7.93. The molecule has 0 aliphatic carbocycles. The summed E-state index contributed by atoms with van der Waals surface area (Å²) in [5, 5.41) is 0. The maximum absolute atomic E-state index is 6.11. The molecule has 2 unspecified atom stereocenters. The monoisotopic (exact) mass is 280 g/mol. The Balaban J connectivity index is 1.96. The van der Waals surface area contributed by atoms with Gasteiger partial charge >= 0.3 is 0 Å². The third kappa shape index (κ3) is 2.68. The third-order valence-corrected chi connectivity index (χ3v) is 4.56. The van der Waals surface area contributed by atoms with E-state index in [0.717, 1.165) is 6.42 Å². The van der Waals surface area contributed by atoms with Gasteiger partial charge in [0.25, 0.3) is 0 Å². The first-order valence-electron chi connectivity index (χ1n) is 7.93. The number of hydrogen-bond donors (Lipinski definition) is 1. The minimum Gasteiger partial charge on any atom is -0.338 e. The highest BCUT2D eigenvalue weighted by Gasteiger charge is 2.23. The molecule has 2 nitrogen and oxygen atoms in total. The standard InChI is InChI=1S/C19H24N2/c1-3-18(20)15-10-12-17(13-11-15)21-14(2)8-9-16-6-4-5-7-19(16)21/h4-7,10-14,18H,3,8-9,20H2,1-2H3. The first-order chi connectivity index (χ1) is 10.2. The average molecular weight is 280 g/mol. The SMILES string of the molecule is CCC(N)c1ccc(N2c3ccccc3CCC2C)cc1. The van der Waals surface area contributed by atoms with E-state index in [2.05, 4.69) is 67.3 Å². The molecule has 0 fully saturated rings. The van der Waals surface area contributed by atoms with Gasteiger partial charge in [-0.1, -0.05) is 37.3 Å². The van der Waals surface area contributed by atoms with Gasteiger partial charge in [0.1, 0.15) is 0 Å². The van der Waals surface area contributed by atoms with Gasteiger partial charge in [0.2, 0.25) is 0 Å². The predicted molar refractivity (Wildman–Crippen MR) is 90.0 cm³/mol. The van der Waals surface area contributed by atoms with Crippen LogP contribution in [0.15, 0.2) is 48.5 Å². The molecule has 3 rings (SSSR count). The van der Waals surface area contributed by atoms with E-state index in [-0.39, 0.29) is 6.04 Å². The molecule has 1 aliphatic heterocycles. The van der Waals surface area contributed by atoms with Crippen LogP contribution in [-0.2, 0) is 6.42 Å². The Bertz CT molecular complexity index is 603. The predicted octanol–water partition coefficient (Wildman–Crippen LogP) is 4.57. The summed E-state index contributed by atoms with van der Waals surface area (Å²) in [5.41, 5.74) is 11.4. The second kappa shape index (κ2) is 5.90. The molecule has 0 spiro atoms. The zero-order valence-electron chi connectivity index (χ0n) is 12.9. The fraction of sp³-hybridized carbons (Fsp3) is 0.368. The lowest BCUT2D eigenvalue weighted by atomic mass is 9.95. The molecule has 0 amide bonds. The molecule has 0 saturated carbocycles. The van der Waals surface area contributed by atoms with Crippen molar-refractivity contribution in [2.75, 3.05) is 4.90 Å². The summed E-state index contributed by atoms with van der Waals surface area (Å²) in [6, 6.07) is 18.2. The zero-order chi connectivity index (χ0) is 14.8. The largest absolute Gasteiger partial charge is 0.338 e. The van der Waals surface area contributed by atoms with E-state index in [4.69, 9.17) is 5.73 Å². The Morgan fingerprint density at radius 3 is 2.57 bits per heavy atom. The van der Waals surface area contributed by atoms with Crippen molar-refractivity contribution in [2.45, 2.75) is 45.2 Å². The number of nitrogens with zero attached hydrogens (tertiary/aromatic N) is 1. The van der Waals surface area contributed by atoms with Gasteiger partial charge in [-0.25, -0.2) is 0 Å². The molecular formula is C19H24N2. The Hall–Kier alpha value is -1.80. The number of aryl methyl sites for hydroxylation is 1. The Morgan fingerprint density at radius 1 is 1.14 bits per heavy atom. The molecule has 2 N–H and O–H groups in total. The van der Waals surface area contributed by atoms with Crippen molar-refractivity contribution in [3.8, 4) is 0 Å². The molecule has 1 heterocycles. The summed E-state index contributed by atoms with van der Waals surface area (Å²) in [6.07, 6.45) is 3.35. The van der Waals surface area contributed by atoms with Gasteiger partial charge in [-0.15, -0.1) is 0 Å². The van der Waals surface area contributed by atoms with Crippen LogP contribution in [0.3, 0.4) is 0 Å². The molecule has 0 bridgehead atoms. The van der Waals surface area contributed by atoms with Gasteiger partial charge in [0.15, 0.2) is 0 Å². The van der Waals surface area contributed by atoms with Gasteiger partial charge in [-0.05, 0) is 55.5 Å². The third-order valence-electron chi connectivity index (χ3n) is 4.56. The maximum atomic E-state index is 6.11. The van der Waals surface area contributed by atoms with E-state index in [0.29, 0.717) is 6.04 Å². The van der Waals surface area contributed by atoms with Crippen molar-refractivity contribution in [3.63, 3.8) is 0 Å². The minimum atomic E-state index is 0.144. The van der Waals surface area contributed by atoms with Crippen molar-refractivity contribution >= 4 is 11.4 Å². The number of fused-ring (bicyclic) bond motifs is 1. The van der Waals surface area contributed by atoms with E-state index in [1.165, 1.54) is 35.3 Å². The molecule has 110 valence electrons. The average Bonchev–Trinajstić information content (AvgIpc) is 2.54. The molecule has 21 heavy (non-hydrogen) atoms. The molecule has 0 saturated heterocycles. The smallest absolute Gasteiger partial charge is 0.0445 e. The fourth-order valence-corrected chi connectivity index (χ4v) is 3.20. The van der Waals surface area contributed by atoms with Crippen LogP contribution in [0, 0.1) is 0 Å². The van der Waals surface area contributed by atoms with Gasteiger partial charge in [0, 0.05) is 23.5 Å². The number of rotatable bonds is 3. The van der Waals surface area contributed by atoms with E-state index in [1.54, 1.807) is 0 Å². The molecule has 0 radical (unpaired) electrons. The van der Waals surface area contributed by atoms with E-state index in [9.17, 15) is 0 Å². The Morgan fingerprint density at radius 2 is 1.86 bits per heavy atom. The molecular weight excluding hydrogens is 256 g/mol. The summed E-state index contributed by atoms with van der Waals surface area (Å²) >= 11 is 0. The van der Waals surface area contributed by atoms with Crippen molar-refractivity contribution in [1.29, 1.82) is 0 Å². The van der Waals surface area contributed by atoms with Gasteiger partial charge in [0.05, 0.1) is 0 Å². The van der Waals surface area contributed by atoms with Crippen LogP contribution in [0.2, 0.25) is 0 Å². The normalized spacial score (nSPS) is 19.2. The lowest BCUT2D eigenvalue weighted by Gasteiger charge is -2.37. The molecule has 0 aromatic heterocycles. The van der Waals surface area contributed by atoms with Gasteiger partial charge in [-0.2, -0.15) is 0 Å². The van der Waals surface area contributed by atoms with E-state index < -0.39 is 0 Å². The maximum Gasteiger partial charge on any atom is 0.0445 e. The van der Waals surface area contributed by atoms with Crippen molar-refractivity contribution < 1.29 is 0 Å². The lowest BCUT2D eigenvalue weighted by Crippen LogP contribution is -2.33. The van der Waals surface area contributed by atoms with Crippen LogP contribution in [0.4, 0.5) is 11.4 Å². The summed E-state index contributed by atoms with van der Waals surface area (Å²) in [5.74, 6) is 0. The van der Waals surface area contributed by atoms with Crippen LogP contribution in [0.25, 0.3) is 0 Å². The van der Waals surface area contributed by atoms with Gasteiger partial charge in [-0.3, -0.25) is 0 Å². The molecule has 2 heteroatoms. The van der Waals surface area contributed by atoms with Crippen molar-refractivity contribution in [1.82, 2.24) is 0 Å². The van der Waals surface area contributed by atoms with Gasteiger partial charge < -0.3 is 10.6 Å². The molecule has 2 atom stereocenters. The van der Waals surface area contributed by atoms with E-state index >= 15 is 0 Å². The van der Waals surface area contributed by atoms with Crippen LogP contribution >= 0.6 is 0 Å². The summed E-state index contributed by atoms with van der Waals surface area (Å²) in [7, 11) is 0. The van der Waals surface area contributed by atoms with Crippen LogP contribution in [-0.4, -0.2) is 6.04 Å². The molecule has 2 aromatic carbocycles. The van der Waals surface area contributed by atoms with Crippen LogP contribution < -0.4 is 10.6 Å². The summed E-state index contributed by atoms with van der Waals surface area (Å²) in [4.78, 5) is 2.46. The number of hydrogen-bond acceptors (Lipinski definition) is 2. The summed E-state index contributed by atoms with van der Waals surface area (Å²) < 4.78 is 0. The quantitative estimate of drug-likeness (QED) is 0.892. The number of anilines is 2. The topological polar surface area (TPSA) is 29.3 Å².